The molecule has 0 saturated heterocycles. The van der Waals surface area contributed by atoms with Gasteiger partial charge in [0.25, 0.3) is 0 Å². The van der Waals surface area contributed by atoms with Crippen molar-refractivity contribution in [1.29, 1.82) is 0 Å². The van der Waals surface area contributed by atoms with Crippen molar-refractivity contribution in [3.63, 3.8) is 0 Å². The Bertz CT molecular complexity index is 1130. The maximum Gasteiger partial charge on any atom is 0.319 e. The van der Waals surface area contributed by atoms with Gasteiger partial charge in [0, 0.05) is 42.6 Å². The molecule has 0 fully saturated rings. The predicted molar refractivity (Wildman–Crippen MR) is 122 cm³/mol. The van der Waals surface area contributed by atoms with E-state index < -0.39 is 11.8 Å². The van der Waals surface area contributed by atoms with Crippen LogP contribution < -0.4 is 16.4 Å². The lowest BCUT2D eigenvalue weighted by atomic mass is 9.97. The van der Waals surface area contributed by atoms with E-state index in [2.05, 4.69) is 20.6 Å². The normalized spacial score (nSPS) is 11.5. The van der Waals surface area contributed by atoms with Gasteiger partial charge in [0.1, 0.15) is 11.6 Å². The Morgan fingerprint density at radius 3 is 2.65 bits per heavy atom. The second-order valence-corrected chi connectivity index (χ2v) is 8.16. The lowest BCUT2D eigenvalue weighted by Crippen LogP contribution is -2.34. The summed E-state index contributed by atoms with van der Waals surface area (Å²) in [5.41, 5.74) is 9.35. The minimum atomic E-state index is -0.505. The van der Waals surface area contributed by atoms with Crippen molar-refractivity contribution >= 4 is 28.4 Å². The summed E-state index contributed by atoms with van der Waals surface area (Å²) in [5, 5.41) is 6.16. The van der Waals surface area contributed by atoms with E-state index in [-0.39, 0.29) is 11.3 Å². The van der Waals surface area contributed by atoms with Crippen LogP contribution in [0.1, 0.15) is 31.5 Å². The second-order valence-electron chi connectivity index (χ2n) is 8.16. The summed E-state index contributed by atoms with van der Waals surface area (Å²) in [6.07, 6.45) is 2.28. The summed E-state index contributed by atoms with van der Waals surface area (Å²) in [6.45, 7) is 7.97. The van der Waals surface area contributed by atoms with Gasteiger partial charge in [0.05, 0.1) is 16.8 Å². The van der Waals surface area contributed by atoms with Gasteiger partial charge >= 0.3 is 6.03 Å². The highest BCUT2D eigenvalue weighted by Gasteiger charge is 2.17. The van der Waals surface area contributed by atoms with Crippen molar-refractivity contribution in [1.82, 2.24) is 15.3 Å². The minimum Gasteiger partial charge on any atom is -0.384 e. The lowest BCUT2D eigenvalue weighted by molar-refractivity contribution is 0.0165. The van der Waals surface area contributed by atoms with Crippen molar-refractivity contribution in [2.45, 2.75) is 39.7 Å². The predicted octanol–water partition coefficient (Wildman–Crippen LogP) is 4.57. The van der Waals surface area contributed by atoms with E-state index in [0.717, 1.165) is 33.3 Å². The highest BCUT2D eigenvalue weighted by Crippen LogP contribution is 2.32. The fraction of sp³-hybridized carbons (Fsp3) is 0.348. The number of hydrogen-bond donors (Lipinski definition) is 3. The summed E-state index contributed by atoms with van der Waals surface area (Å²) in [6, 6.07) is 6.22. The third-order valence-corrected chi connectivity index (χ3v) is 5.33. The van der Waals surface area contributed by atoms with E-state index in [1.165, 1.54) is 6.07 Å². The highest BCUT2D eigenvalue weighted by atomic mass is 19.1. The molecule has 164 valence electrons. The van der Waals surface area contributed by atoms with Crippen LogP contribution in [0.2, 0.25) is 0 Å². The molecule has 0 saturated carbocycles. The first-order chi connectivity index (χ1) is 14.6. The van der Waals surface area contributed by atoms with Gasteiger partial charge in [-0.3, -0.25) is 4.98 Å². The molecule has 0 aliphatic rings. The Balaban J connectivity index is 1.86. The van der Waals surface area contributed by atoms with E-state index >= 15 is 0 Å². The number of methoxy groups -OCH3 is 1. The summed E-state index contributed by atoms with van der Waals surface area (Å²) >= 11 is 0. The van der Waals surface area contributed by atoms with Gasteiger partial charge in [-0.15, -0.1) is 0 Å². The Labute approximate surface area is 181 Å². The average Bonchev–Trinajstić information content (AvgIpc) is 2.69. The van der Waals surface area contributed by atoms with Gasteiger partial charge in [-0.05, 0) is 63.4 Å². The number of fused-ring (bicyclic) bond motifs is 1. The molecule has 4 N–H and O–H groups in total. The molecule has 3 rings (SSSR count). The van der Waals surface area contributed by atoms with E-state index in [1.54, 1.807) is 25.4 Å². The zero-order chi connectivity index (χ0) is 22.8. The maximum absolute atomic E-state index is 14.6. The number of nitrogens with zero attached hydrogens (tertiary/aromatic N) is 2. The Morgan fingerprint density at radius 1 is 1.19 bits per heavy atom. The highest BCUT2D eigenvalue weighted by molar-refractivity contribution is 5.92. The third kappa shape index (κ3) is 5.27. The minimum absolute atomic E-state index is 0.0963. The molecule has 31 heavy (non-hydrogen) atoms. The Kier molecular flexibility index (Phi) is 6.40. The number of halogens is 1. The van der Waals surface area contributed by atoms with Gasteiger partial charge in [-0.25, -0.2) is 14.2 Å². The molecule has 0 aliphatic carbocycles. The molecule has 2 heterocycles. The number of anilines is 2. The van der Waals surface area contributed by atoms with E-state index in [0.29, 0.717) is 18.8 Å². The number of carbonyl (C=O) groups is 1. The lowest BCUT2D eigenvalue weighted by Gasteiger charge is -2.22. The van der Waals surface area contributed by atoms with Gasteiger partial charge < -0.3 is 21.1 Å². The first kappa shape index (κ1) is 22.4. The fourth-order valence-electron chi connectivity index (χ4n) is 3.26. The van der Waals surface area contributed by atoms with E-state index in [1.807, 2.05) is 33.8 Å². The number of nitrogens with one attached hydrogen (secondary N) is 2. The Morgan fingerprint density at radius 2 is 1.94 bits per heavy atom. The van der Waals surface area contributed by atoms with Crippen molar-refractivity contribution in [3.8, 4) is 11.1 Å². The summed E-state index contributed by atoms with van der Waals surface area (Å²) in [5.74, 6) is -0.106. The molecule has 2 amide bonds. The van der Waals surface area contributed by atoms with Crippen LogP contribution in [0.3, 0.4) is 0 Å². The molecule has 0 bridgehead atoms. The first-order valence-electron chi connectivity index (χ1n) is 10.0. The molecular weight excluding hydrogens is 397 g/mol. The largest absolute Gasteiger partial charge is 0.384 e. The van der Waals surface area contributed by atoms with Gasteiger partial charge in [-0.1, -0.05) is 0 Å². The smallest absolute Gasteiger partial charge is 0.319 e. The van der Waals surface area contributed by atoms with Gasteiger partial charge in [-0.2, -0.15) is 0 Å². The molecule has 2 aromatic heterocycles. The number of benzene rings is 1. The zero-order valence-corrected chi connectivity index (χ0v) is 18.5. The quantitative estimate of drug-likeness (QED) is 0.537. The third-order valence-electron chi connectivity index (χ3n) is 5.33. The molecule has 1 aromatic carbocycles. The van der Waals surface area contributed by atoms with Crippen LogP contribution in [0.25, 0.3) is 22.0 Å². The van der Waals surface area contributed by atoms with Crippen LogP contribution in [-0.4, -0.2) is 35.3 Å². The van der Waals surface area contributed by atoms with Crippen LogP contribution in [0.15, 0.2) is 30.5 Å². The van der Waals surface area contributed by atoms with Crippen LogP contribution in [0.5, 0.6) is 0 Å². The SMILES string of the molecule is COC(C)(C)CCNC(=O)Nc1cc(-c2cc3cnc(N)cc3nc2C)c(C)cc1F. The molecule has 0 unspecified atom stereocenters. The van der Waals surface area contributed by atoms with Crippen LogP contribution in [-0.2, 0) is 4.74 Å². The number of urea groups is 1. The van der Waals surface area contributed by atoms with Crippen molar-refractivity contribution < 1.29 is 13.9 Å². The maximum atomic E-state index is 14.6. The van der Waals surface area contributed by atoms with Gasteiger partial charge in [0.2, 0.25) is 0 Å². The standard InChI is InChI=1S/C23H28FN5O2/c1-13-8-18(24)20(29-22(30)26-7-6-23(3,4)31-5)10-16(13)17-9-15-12-27-21(25)11-19(15)28-14(17)2/h8-12H,6-7H2,1-5H3,(H2,25,27)(H2,26,29,30). The number of amides is 2. The monoisotopic (exact) mass is 425 g/mol. The number of aryl methyl sites for hydroxylation is 2. The van der Waals surface area contributed by atoms with Gasteiger partial charge in [0.15, 0.2) is 0 Å². The number of nitrogen functional groups attached to an aromatic ring is 1. The molecular formula is C23H28FN5O2. The van der Waals surface area contributed by atoms with E-state index in [4.69, 9.17) is 10.5 Å². The molecule has 0 atom stereocenters. The molecule has 0 spiro atoms. The zero-order valence-electron chi connectivity index (χ0n) is 18.5. The van der Waals surface area contributed by atoms with Crippen LogP contribution >= 0.6 is 0 Å². The summed E-state index contributed by atoms with van der Waals surface area (Å²) < 4.78 is 19.9. The number of carbonyl (C=O) groups excluding carboxylic acids is 1. The molecule has 3 aromatic rings. The molecule has 0 aliphatic heterocycles. The fourth-order valence-corrected chi connectivity index (χ4v) is 3.26. The van der Waals surface area contributed by atoms with Crippen LogP contribution in [0.4, 0.5) is 20.7 Å². The van der Waals surface area contributed by atoms with Crippen molar-refractivity contribution in [3.05, 3.63) is 47.5 Å². The topological polar surface area (TPSA) is 102 Å². The number of pyridine rings is 2. The molecule has 7 nitrogen and oxygen atoms in total. The van der Waals surface area contributed by atoms with Crippen molar-refractivity contribution in [2.24, 2.45) is 0 Å². The molecule has 0 radical (unpaired) electrons. The van der Waals surface area contributed by atoms with Crippen molar-refractivity contribution in [2.75, 3.05) is 24.7 Å². The Hall–Kier alpha value is -3.26. The summed E-state index contributed by atoms with van der Waals surface area (Å²) in [7, 11) is 1.62. The number of nitrogens with two attached hydrogens (primary N) is 1. The van der Waals surface area contributed by atoms with E-state index in [9.17, 15) is 9.18 Å². The first-order valence-corrected chi connectivity index (χ1v) is 10.0. The van der Waals surface area contributed by atoms with Crippen LogP contribution in [0, 0.1) is 19.7 Å². The number of hydrogen-bond acceptors (Lipinski definition) is 5. The number of ether oxygens (including phenoxy) is 1. The number of aromatic nitrogens is 2. The number of rotatable bonds is 6. The summed E-state index contributed by atoms with van der Waals surface area (Å²) in [4.78, 5) is 21.0. The second kappa shape index (κ2) is 8.85. The molecule has 8 heteroatoms. The average molecular weight is 426 g/mol.